The summed E-state index contributed by atoms with van der Waals surface area (Å²) in [6, 6.07) is 0. The lowest BCUT2D eigenvalue weighted by atomic mass is 9.88. The largest absolute Gasteiger partial charge is 0.550 e. The topological polar surface area (TPSA) is 40.1 Å². The lowest BCUT2D eigenvalue weighted by molar-refractivity contribution is -0.311. The molecular weight excluding hydrogens is 356 g/mol. The molecule has 3 atom stereocenters. The number of unbranched alkanes of at least 4 members (excludes halogenated alkanes) is 1. The van der Waals surface area contributed by atoms with Gasteiger partial charge >= 0.3 is 0 Å². The number of carbonyl (C=O) groups excluding carboxylic acids is 1. The number of aliphatic carboxylic acids is 1. The molecule has 2 heteroatoms. The Morgan fingerprint density at radius 3 is 2.59 bits per heavy atom. The predicted octanol–water partition coefficient (Wildman–Crippen LogP) is 6.93. The first kappa shape index (κ1) is 25.5. The van der Waals surface area contributed by atoms with Gasteiger partial charge in [0.2, 0.25) is 0 Å². The third kappa shape index (κ3) is 11.9. The molecule has 164 valence electrons. The summed E-state index contributed by atoms with van der Waals surface area (Å²) in [6.45, 7) is 10.8. The molecule has 0 radical (unpaired) electrons. The van der Waals surface area contributed by atoms with Crippen LogP contribution in [-0.2, 0) is 4.79 Å². The minimum absolute atomic E-state index is 0.333. The molecule has 0 saturated heterocycles. The fraction of sp³-hybridized carbons (Fsp3) is 0.667. The highest BCUT2D eigenvalue weighted by Crippen LogP contribution is 2.26. The van der Waals surface area contributed by atoms with Crippen LogP contribution in [-0.4, -0.2) is 5.97 Å². The maximum absolute atomic E-state index is 10.7. The third-order valence-corrected chi connectivity index (χ3v) is 6.30. The Bertz CT molecular complexity index is 606. The molecule has 0 amide bonds. The van der Waals surface area contributed by atoms with Gasteiger partial charge in [0, 0.05) is 5.97 Å². The maximum atomic E-state index is 10.7. The normalized spacial score (nSPS) is 19.8. The van der Waals surface area contributed by atoms with Crippen molar-refractivity contribution in [2.75, 3.05) is 0 Å². The van der Waals surface area contributed by atoms with Gasteiger partial charge in [0.05, 0.1) is 0 Å². The Morgan fingerprint density at radius 2 is 1.90 bits per heavy atom. The highest BCUT2D eigenvalue weighted by atomic mass is 16.4. The van der Waals surface area contributed by atoms with Gasteiger partial charge in [-0.2, -0.15) is 0 Å². The summed E-state index contributed by atoms with van der Waals surface area (Å²) >= 11 is 0. The third-order valence-electron chi connectivity index (χ3n) is 6.30. The van der Waals surface area contributed by atoms with Gasteiger partial charge in [0.1, 0.15) is 0 Å². The summed E-state index contributed by atoms with van der Waals surface area (Å²) in [5.74, 6) is 0.206. The van der Waals surface area contributed by atoms with Crippen LogP contribution in [0.1, 0.15) is 98.8 Å². The van der Waals surface area contributed by atoms with Gasteiger partial charge in [-0.3, -0.25) is 0 Å². The van der Waals surface area contributed by atoms with E-state index in [-0.39, 0.29) is 5.92 Å². The van der Waals surface area contributed by atoms with Gasteiger partial charge < -0.3 is 9.90 Å². The van der Waals surface area contributed by atoms with E-state index in [0.29, 0.717) is 12.3 Å². The van der Waals surface area contributed by atoms with E-state index in [1.807, 2.05) is 0 Å². The van der Waals surface area contributed by atoms with Crippen LogP contribution in [0.5, 0.6) is 0 Å². The van der Waals surface area contributed by atoms with Crippen LogP contribution in [0.2, 0.25) is 0 Å². The highest BCUT2D eigenvalue weighted by molar-refractivity contribution is 5.66. The van der Waals surface area contributed by atoms with Crippen molar-refractivity contribution in [1.82, 2.24) is 0 Å². The van der Waals surface area contributed by atoms with Crippen molar-refractivity contribution in [2.24, 2.45) is 17.8 Å². The molecule has 0 N–H and O–H groups in total. The van der Waals surface area contributed by atoms with E-state index in [0.717, 1.165) is 31.6 Å². The van der Waals surface area contributed by atoms with E-state index in [2.05, 4.69) is 58.1 Å². The van der Waals surface area contributed by atoms with Gasteiger partial charge in [-0.25, -0.2) is 0 Å². The zero-order chi connectivity index (χ0) is 21.6. The first-order valence-corrected chi connectivity index (χ1v) is 11.7. The van der Waals surface area contributed by atoms with Crippen molar-refractivity contribution in [3.05, 3.63) is 47.1 Å². The Kier molecular flexibility index (Phi) is 12.7. The summed E-state index contributed by atoms with van der Waals surface area (Å²) < 4.78 is 0. The standard InChI is InChI=1S/C27H44O2/c1-21(13-10-14-22(2)15-11-16-24(4)27(28)29)12-8-6-7-9-17-26-19-18-23(3)25(5)20-26/h7,9,14,18-19,21,24-25H,6,8,10-13,15-17,20H2,1-5H3,(H,28,29)/p-1/b9-7+,22-14+. The molecule has 3 unspecified atom stereocenters. The van der Waals surface area contributed by atoms with Gasteiger partial charge in [0.15, 0.2) is 0 Å². The van der Waals surface area contributed by atoms with E-state index in [4.69, 9.17) is 0 Å². The monoisotopic (exact) mass is 399 g/mol. The fourth-order valence-corrected chi connectivity index (χ4v) is 3.79. The van der Waals surface area contributed by atoms with E-state index in [1.165, 1.54) is 43.3 Å². The number of carboxylic acid groups (broad SMARTS) is 1. The second-order valence-corrected chi connectivity index (χ2v) is 9.29. The van der Waals surface area contributed by atoms with Crippen molar-refractivity contribution in [3.8, 4) is 0 Å². The number of carbonyl (C=O) groups is 1. The fourth-order valence-electron chi connectivity index (χ4n) is 3.79. The predicted molar refractivity (Wildman–Crippen MR) is 123 cm³/mol. The van der Waals surface area contributed by atoms with Crippen LogP contribution < -0.4 is 5.11 Å². The first-order chi connectivity index (χ1) is 13.8. The van der Waals surface area contributed by atoms with E-state index >= 15 is 0 Å². The van der Waals surface area contributed by atoms with Crippen molar-refractivity contribution in [2.45, 2.75) is 98.8 Å². The second-order valence-electron chi connectivity index (χ2n) is 9.29. The molecule has 0 aromatic heterocycles. The van der Waals surface area contributed by atoms with Gasteiger partial charge in [-0.1, -0.05) is 74.3 Å². The van der Waals surface area contributed by atoms with Crippen molar-refractivity contribution in [1.29, 1.82) is 0 Å². The molecule has 0 saturated carbocycles. The van der Waals surface area contributed by atoms with Crippen LogP contribution >= 0.6 is 0 Å². The number of allylic oxidation sites excluding steroid dienone is 8. The summed E-state index contributed by atoms with van der Waals surface area (Å²) in [5.41, 5.74) is 4.45. The summed E-state index contributed by atoms with van der Waals surface area (Å²) in [4.78, 5) is 10.7. The molecule has 0 aliphatic heterocycles. The van der Waals surface area contributed by atoms with Crippen LogP contribution in [0.15, 0.2) is 47.1 Å². The zero-order valence-electron chi connectivity index (χ0n) is 19.5. The number of hydrogen-bond acceptors (Lipinski definition) is 2. The Labute approximate surface area is 179 Å². The van der Waals surface area contributed by atoms with E-state index < -0.39 is 5.97 Å². The quantitative estimate of drug-likeness (QED) is 0.234. The smallest absolute Gasteiger partial charge is 0.0442 e. The SMILES string of the molecule is CC1=CC=C(C/C=C/CCCC(C)CC/C=C(\C)CCCC(C)C(=O)[O-])CC1C. The Hall–Kier alpha value is -1.57. The van der Waals surface area contributed by atoms with Crippen molar-refractivity contribution < 1.29 is 9.90 Å². The minimum Gasteiger partial charge on any atom is -0.550 e. The molecule has 0 spiro atoms. The number of carboxylic acids is 1. The lowest BCUT2D eigenvalue weighted by Gasteiger charge is -2.18. The van der Waals surface area contributed by atoms with Gasteiger partial charge in [-0.15, -0.1) is 0 Å². The summed E-state index contributed by atoms with van der Waals surface area (Å²) in [6.07, 6.45) is 22.8. The van der Waals surface area contributed by atoms with Gasteiger partial charge in [0.25, 0.3) is 0 Å². The summed E-state index contributed by atoms with van der Waals surface area (Å²) in [5, 5.41) is 10.7. The molecular formula is C27H43O2-. The summed E-state index contributed by atoms with van der Waals surface area (Å²) in [7, 11) is 0. The number of rotatable bonds is 14. The second kappa shape index (κ2) is 14.4. The van der Waals surface area contributed by atoms with Crippen LogP contribution in [0, 0.1) is 17.8 Å². The van der Waals surface area contributed by atoms with Crippen LogP contribution in [0.4, 0.5) is 0 Å². The van der Waals surface area contributed by atoms with Crippen molar-refractivity contribution >= 4 is 5.97 Å². The number of hydrogen-bond donors (Lipinski definition) is 0. The minimum atomic E-state index is -0.928. The lowest BCUT2D eigenvalue weighted by Crippen LogP contribution is -2.29. The molecule has 2 nitrogen and oxygen atoms in total. The van der Waals surface area contributed by atoms with E-state index in [9.17, 15) is 9.90 Å². The molecule has 0 fully saturated rings. The van der Waals surface area contributed by atoms with Crippen LogP contribution in [0.25, 0.3) is 0 Å². The van der Waals surface area contributed by atoms with Crippen LogP contribution in [0.3, 0.4) is 0 Å². The first-order valence-electron chi connectivity index (χ1n) is 11.7. The van der Waals surface area contributed by atoms with Crippen molar-refractivity contribution in [3.63, 3.8) is 0 Å². The zero-order valence-corrected chi connectivity index (χ0v) is 19.5. The molecule has 0 bridgehead atoms. The molecule has 29 heavy (non-hydrogen) atoms. The molecule has 0 aromatic carbocycles. The average Bonchev–Trinajstić information content (AvgIpc) is 2.67. The molecule has 0 heterocycles. The van der Waals surface area contributed by atoms with E-state index in [1.54, 1.807) is 12.5 Å². The molecule has 1 aliphatic carbocycles. The van der Waals surface area contributed by atoms with Gasteiger partial charge in [-0.05, 0) is 89.4 Å². The Balaban J connectivity index is 2.09. The maximum Gasteiger partial charge on any atom is 0.0442 e. The Morgan fingerprint density at radius 1 is 1.14 bits per heavy atom. The highest BCUT2D eigenvalue weighted by Gasteiger charge is 2.10. The molecule has 1 aliphatic rings. The average molecular weight is 400 g/mol. The molecule has 1 rings (SSSR count). The molecule has 0 aromatic rings.